The van der Waals surface area contributed by atoms with E-state index in [-0.39, 0.29) is 5.04 Å². The van der Waals surface area contributed by atoms with E-state index in [1.54, 1.807) is 21.3 Å². The molecule has 0 radical (unpaired) electrons. The molecule has 4 nitrogen and oxygen atoms in total. The van der Waals surface area contributed by atoms with Gasteiger partial charge in [0.15, 0.2) is 0 Å². The van der Waals surface area contributed by atoms with Gasteiger partial charge in [-0.1, -0.05) is 13.8 Å². The quantitative estimate of drug-likeness (QED) is 0.652. The van der Waals surface area contributed by atoms with Crippen LogP contribution in [0.2, 0.25) is 5.04 Å². The summed E-state index contributed by atoms with van der Waals surface area (Å²) in [6.45, 7) is 4.91. The van der Waals surface area contributed by atoms with Crippen molar-refractivity contribution in [3.8, 4) is 0 Å². The number of rotatable bonds is 8. The third-order valence-electron chi connectivity index (χ3n) is 3.43. The molecule has 92 valence electrons. The van der Waals surface area contributed by atoms with Crippen molar-refractivity contribution in [2.45, 2.75) is 38.1 Å². The van der Waals surface area contributed by atoms with E-state index in [9.17, 15) is 0 Å². The molecule has 0 atom stereocenters. The Morgan fingerprint density at radius 2 is 1.40 bits per heavy atom. The van der Waals surface area contributed by atoms with E-state index in [0.29, 0.717) is 6.54 Å². The Bertz CT molecular complexity index is 162. The second kappa shape index (κ2) is 6.60. The minimum Gasteiger partial charge on any atom is -0.377 e. The number of hydrogen-bond acceptors (Lipinski definition) is 4. The Hall–Kier alpha value is 0.0569. The molecule has 0 heterocycles. The Morgan fingerprint density at radius 3 is 1.60 bits per heavy atom. The highest BCUT2D eigenvalue weighted by Gasteiger charge is 2.56. The number of nitrogens with two attached hydrogens (primary N) is 1. The lowest BCUT2D eigenvalue weighted by molar-refractivity contribution is 0.0828. The molecule has 2 N–H and O–H groups in total. The molecule has 0 saturated carbocycles. The van der Waals surface area contributed by atoms with Crippen LogP contribution in [0.5, 0.6) is 0 Å². The van der Waals surface area contributed by atoms with Crippen LogP contribution in [0.15, 0.2) is 0 Å². The molecule has 0 amide bonds. The molecular weight excluding hydrogens is 210 g/mol. The van der Waals surface area contributed by atoms with Crippen LogP contribution in [0.25, 0.3) is 0 Å². The van der Waals surface area contributed by atoms with Crippen LogP contribution in [0.4, 0.5) is 0 Å². The van der Waals surface area contributed by atoms with Crippen LogP contribution in [-0.4, -0.2) is 36.7 Å². The standard InChI is InChI=1S/C10H25NO3Si/c1-6-10(7-2,8-9-11)15(12-3,13-4)14-5/h6-9,11H2,1-5H3. The van der Waals surface area contributed by atoms with Crippen molar-refractivity contribution in [2.24, 2.45) is 5.73 Å². The lowest BCUT2D eigenvalue weighted by Crippen LogP contribution is -2.55. The molecule has 0 aromatic heterocycles. The minimum absolute atomic E-state index is 0.0556. The normalized spacial score (nSPS) is 13.2. The van der Waals surface area contributed by atoms with Gasteiger partial charge < -0.3 is 19.0 Å². The van der Waals surface area contributed by atoms with Crippen LogP contribution in [0.3, 0.4) is 0 Å². The summed E-state index contributed by atoms with van der Waals surface area (Å²) in [4.78, 5) is 0. The zero-order valence-corrected chi connectivity index (χ0v) is 11.6. The summed E-state index contributed by atoms with van der Waals surface area (Å²) < 4.78 is 16.7. The van der Waals surface area contributed by atoms with E-state index in [0.717, 1.165) is 19.3 Å². The van der Waals surface area contributed by atoms with Crippen LogP contribution in [0, 0.1) is 0 Å². The van der Waals surface area contributed by atoms with Gasteiger partial charge in [0, 0.05) is 26.4 Å². The predicted octanol–water partition coefficient (Wildman–Crippen LogP) is 1.77. The first kappa shape index (κ1) is 15.1. The summed E-state index contributed by atoms with van der Waals surface area (Å²) in [5.74, 6) is 0. The van der Waals surface area contributed by atoms with Gasteiger partial charge >= 0.3 is 8.80 Å². The summed E-state index contributed by atoms with van der Waals surface area (Å²) in [5.41, 5.74) is 5.68. The monoisotopic (exact) mass is 235 g/mol. The second-order valence-electron chi connectivity index (χ2n) is 3.69. The van der Waals surface area contributed by atoms with Crippen molar-refractivity contribution < 1.29 is 13.3 Å². The molecule has 0 aliphatic heterocycles. The molecule has 0 rings (SSSR count). The predicted molar refractivity (Wildman–Crippen MR) is 63.7 cm³/mol. The topological polar surface area (TPSA) is 53.7 Å². The van der Waals surface area contributed by atoms with Crippen molar-refractivity contribution in [1.82, 2.24) is 0 Å². The Balaban J connectivity index is 5.13. The van der Waals surface area contributed by atoms with Crippen molar-refractivity contribution in [2.75, 3.05) is 27.9 Å². The molecule has 5 heteroatoms. The second-order valence-corrected chi connectivity index (χ2v) is 7.09. The van der Waals surface area contributed by atoms with Gasteiger partial charge in [-0.15, -0.1) is 0 Å². The maximum atomic E-state index is 5.68. The van der Waals surface area contributed by atoms with Crippen molar-refractivity contribution in [1.29, 1.82) is 0 Å². The molecule has 0 aromatic rings. The highest BCUT2D eigenvalue weighted by Crippen LogP contribution is 2.48. The van der Waals surface area contributed by atoms with Crippen molar-refractivity contribution in [3.63, 3.8) is 0 Å². The van der Waals surface area contributed by atoms with Crippen molar-refractivity contribution >= 4 is 8.80 Å². The van der Waals surface area contributed by atoms with E-state index in [2.05, 4.69) is 13.8 Å². The summed E-state index contributed by atoms with van der Waals surface area (Å²) in [7, 11) is 2.39. The molecule has 0 aliphatic carbocycles. The first-order chi connectivity index (χ1) is 7.11. The third-order valence-corrected chi connectivity index (χ3v) is 7.30. The first-order valence-corrected chi connectivity index (χ1v) is 7.19. The number of hydrogen-bond donors (Lipinski definition) is 1. The van der Waals surface area contributed by atoms with Gasteiger partial charge in [0.25, 0.3) is 0 Å². The molecular formula is C10H25NO3Si. The Labute approximate surface area is 94.5 Å². The fourth-order valence-electron chi connectivity index (χ4n) is 2.37. The van der Waals surface area contributed by atoms with Gasteiger partial charge in [0.2, 0.25) is 0 Å². The zero-order valence-electron chi connectivity index (χ0n) is 10.6. The van der Waals surface area contributed by atoms with Gasteiger partial charge in [-0.25, -0.2) is 0 Å². The van der Waals surface area contributed by atoms with Gasteiger partial charge in [-0.2, -0.15) is 0 Å². The fourth-order valence-corrected chi connectivity index (χ4v) is 5.48. The maximum Gasteiger partial charge on any atom is 0.506 e. The first-order valence-electron chi connectivity index (χ1n) is 5.47. The van der Waals surface area contributed by atoms with Gasteiger partial charge in [0.05, 0.1) is 0 Å². The molecule has 0 spiro atoms. The fraction of sp³-hybridized carbons (Fsp3) is 1.00. The summed E-state index contributed by atoms with van der Waals surface area (Å²) in [6.07, 6.45) is 2.80. The molecule has 0 aliphatic rings. The molecule has 0 saturated heterocycles. The average Bonchev–Trinajstić information content (AvgIpc) is 2.30. The Kier molecular flexibility index (Phi) is 6.62. The average molecular weight is 235 g/mol. The highest BCUT2D eigenvalue weighted by atomic mass is 28.4. The van der Waals surface area contributed by atoms with E-state index < -0.39 is 8.80 Å². The molecule has 15 heavy (non-hydrogen) atoms. The van der Waals surface area contributed by atoms with Gasteiger partial charge in [-0.05, 0) is 25.8 Å². The molecule has 0 fully saturated rings. The van der Waals surface area contributed by atoms with Crippen molar-refractivity contribution in [3.05, 3.63) is 0 Å². The molecule has 0 unspecified atom stereocenters. The summed E-state index contributed by atoms with van der Waals surface area (Å²) in [6, 6.07) is 0. The Morgan fingerprint density at radius 1 is 1.00 bits per heavy atom. The summed E-state index contributed by atoms with van der Waals surface area (Å²) >= 11 is 0. The lowest BCUT2D eigenvalue weighted by Gasteiger charge is -2.42. The van der Waals surface area contributed by atoms with Crippen LogP contribution < -0.4 is 5.73 Å². The lowest BCUT2D eigenvalue weighted by atomic mass is 9.98. The van der Waals surface area contributed by atoms with Crippen LogP contribution in [0.1, 0.15) is 33.1 Å². The van der Waals surface area contributed by atoms with E-state index in [4.69, 9.17) is 19.0 Å². The zero-order chi connectivity index (χ0) is 11.9. The maximum absolute atomic E-state index is 5.68. The highest BCUT2D eigenvalue weighted by molar-refractivity contribution is 6.64. The van der Waals surface area contributed by atoms with Crippen LogP contribution in [-0.2, 0) is 13.3 Å². The smallest absolute Gasteiger partial charge is 0.377 e. The van der Waals surface area contributed by atoms with Crippen LogP contribution >= 0.6 is 0 Å². The minimum atomic E-state index is -2.60. The van der Waals surface area contributed by atoms with Gasteiger partial charge in [0.1, 0.15) is 0 Å². The van der Waals surface area contributed by atoms with E-state index in [1.807, 2.05) is 0 Å². The SMILES string of the molecule is CCC(CC)(CCN)[Si](OC)(OC)OC. The molecule has 0 aromatic carbocycles. The van der Waals surface area contributed by atoms with Gasteiger partial charge in [-0.3, -0.25) is 0 Å². The van der Waals surface area contributed by atoms with E-state index in [1.165, 1.54) is 0 Å². The largest absolute Gasteiger partial charge is 0.506 e. The molecule has 0 bridgehead atoms. The summed E-state index contributed by atoms with van der Waals surface area (Å²) in [5, 5.41) is -0.0556. The third kappa shape index (κ3) is 2.60. The van der Waals surface area contributed by atoms with E-state index >= 15 is 0 Å².